The van der Waals surface area contributed by atoms with E-state index in [0.717, 1.165) is 5.56 Å². The topological polar surface area (TPSA) is 126 Å². The molecular weight excluding hydrogens is 350 g/mol. The Morgan fingerprint density at radius 1 is 1.19 bits per heavy atom. The summed E-state index contributed by atoms with van der Waals surface area (Å²) in [5.74, 6) is -1.83. The molecule has 2 rings (SSSR count). The molecule has 27 heavy (non-hydrogen) atoms. The minimum atomic E-state index is -1.03. The van der Waals surface area contributed by atoms with Crippen molar-refractivity contribution >= 4 is 17.8 Å². The van der Waals surface area contributed by atoms with Gasteiger partial charge in [0.25, 0.3) is 5.91 Å². The highest BCUT2D eigenvalue weighted by Gasteiger charge is 2.24. The molecule has 1 atom stereocenters. The number of carboxylic acid groups (broad SMARTS) is 1. The van der Waals surface area contributed by atoms with E-state index in [4.69, 9.17) is 5.11 Å². The molecule has 0 saturated heterocycles. The summed E-state index contributed by atoms with van der Waals surface area (Å²) in [4.78, 5) is 35.5. The average molecular weight is 373 g/mol. The van der Waals surface area contributed by atoms with Crippen molar-refractivity contribution < 1.29 is 19.5 Å². The normalized spacial score (nSPS) is 11.9. The molecular formula is C18H23N5O4. The molecule has 1 unspecified atom stereocenters. The van der Waals surface area contributed by atoms with E-state index in [0.29, 0.717) is 11.3 Å². The fourth-order valence-electron chi connectivity index (χ4n) is 2.39. The predicted molar refractivity (Wildman–Crippen MR) is 96.8 cm³/mol. The van der Waals surface area contributed by atoms with Crippen LogP contribution in [0.25, 0.3) is 0 Å². The van der Waals surface area contributed by atoms with Gasteiger partial charge in [-0.3, -0.25) is 14.4 Å². The molecule has 0 aliphatic heterocycles. The van der Waals surface area contributed by atoms with Crippen LogP contribution in [0.15, 0.2) is 30.5 Å². The second-order valence-electron chi connectivity index (χ2n) is 6.58. The predicted octanol–water partition coefficient (Wildman–Crippen LogP) is 0.742. The van der Waals surface area contributed by atoms with Crippen LogP contribution in [-0.2, 0) is 22.7 Å². The average Bonchev–Trinajstić information content (AvgIpc) is 3.04. The first-order valence-electron chi connectivity index (χ1n) is 8.52. The van der Waals surface area contributed by atoms with Gasteiger partial charge in [-0.15, -0.1) is 5.10 Å². The number of carbonyl (C=O) groups is 3. The summed E-state index contributed by atoms with van der Waals surface area (Å²) in [5.41, 5.74) is 1.95. The Bertz CT molecular complexity index is 813. The highest BCUT2D eigenvalue weighted by molar-refractivity contribution is 5.97. The molecule has 1 aromatic heterocycles. The number of aliphatic carboxylic acids is 1. The Hall–Kier alpha value is -3.23. The van der Waals surface area contributed by atoms with Gasteiger partial charge in [0, 0.05) is 5.56 Å². The fraction of sp³-hybridized carbons (Fsp3) is 0.389. The molecule has 2 aromatic rings. The molecule has 3 N–H and O–H groups in total. The third-order valence-electron chi connectivity index (χ3n) is 3.88. The molecule has 0 bridgehead atoms. The second kappa shape index (κ2) is 8.93. The molecule has 0 spiro atoms. The van der Waals surface area contributed by atoms with Crippen LogP contribution in [0.2, 0.25) is 0 Å². The standard InChI is InChI=1S/C18H23N5O4/c1-11(2)16(20-17(26)13-6-4-12(3)5-7-13)18(27)19-8-14-9-23(22-21-14)10-15(24)25/h4-7,9,11,16H,8,10H2,1-3H3,(H,19,27)(H,20,26)(H,24,25). The third kappa shape index (κ3) is 5.91. The van der Waals surface area contributed by atoms with Crippen molar-refractivity contribution in [2.75, 3.05) is 0 Å². The molecule has 0 saturated carbocycles. The van der Waals surface area contributed by atoms with Gasteiger partial charge in [-0.1, -0.05) is 36.8 Å². The van der Waals surface area contributed by atoms with Gasteiger partial charge in [-0.2, -0.15) is 0 Å². The lowest BCUT2D eigenvalue weighted by Gasteiger charge is -2.21. The van der Waals surface area contributed by atoms with E-state index in [1.165, 1.54) is 10.9 Å². The first-order valence-corrected chi connectivity index (χ1v) is 8.52. The first kappa shape index (κ1) is 20.1. The monoisotopic (exact) mass is 373 g/mol. The Balaban J connectivity index is 1.96. The molecule has 0 fully saturated rings. The van der Waals surface area contributed by atoms with Crippen molar-refractivity contribution in [1.82, 2.24) is 25.6 Å². The Morgan fingerprint density at radius 2 is 1.85 bits per heavy atom. The lowest BCUT2D eigenvalue weighted by atomic mass is 10.0. The number of hydrogen-bond donors (Lipinski definition) is 3. The Morgan fingerprint density at radius 3 is 2.44 bits per heavy atom. The van der Waals surface area contributed by atoms with E-state index >= 15 is 0 Å². The number of carboxylic acids is 1. The lowest BCUT2D eigenvalue weighted by Crippen LogP contribution is -2.49. The van der Waals surface area contributed by atoms with Crippen LogP contribution >= 0.6 is 0 Å². The minimum absolute atomic E-state index is 0.0854. The molecule has 9 heteroatoms. The van der Waals surface area contributed by atoms with E-state index in [1.807, 2.05) is 32.9 Å². The maximum Gasteiger partial charge on any atom is 0.325 e. The zero-order chi connectivity index (χ0) is 20.0. The molecule has 2 amide bonds. The number of carbonyl (C=O) groups excluding carboxylic acids is 2. The maximum absolute atomic E-state index is 12.5. The van der Waals surface area contributed by atoms with E-state index in [2.05, 4.69) is 20.9 Å². The summed E-state index contributed by atoms with van der Waals surface area (Å²) in [6.45, 7) is 5.38. The van der Waals surface area contributed by atoms with Gasteiger partial charge in [-0.25, -0.2) is 4.68 Å². The van der Waals surface area contributed by atoms with E-state index in [-0.39, 0.29) is 30.8 Å². The number of aryl methyl sites for hydroxylation is 1. The van der Waals surface area contributed by atoms with Gasteiger partial charge >= 0.3 is 5.97 Å². The molecule has 1 heterocycles. The van der Waals surface area contributed by atoms with Crippen LogP contribution in [0, 0.1) is 12.8 Å². The number of aromatic nitrogens is 3. The van der Waals surface area contributed by atoms with Crippen molar-refractivity contribution in [3.05, 3.63) is 47.3 Å². The summed E-state index contributed by atoms with van der Waals surface area (Å²) in [5, 5.41) is 21.7. The van der Waals surface area contributed by atoms with Crippen molar-refractivity contribution in [2.24, 2.45) is 5.92 Å². The number of nitrogens with zero attached hydrogens (tertiary/aromatic N) is 3. The number of rotatable bonds is 8. The second-order valence-corrected chi connectivity index (χ2v) is 6.58. The largest absolute Gasteiger partial charge is 0.480 e. The lowest BCUT2D eigenvalue weighted by molar-refractivity contribution is -0.138. The van der Waals surface area contributed by atoms with Crippen LogP contribution < -0.4 is 10.6 Å². The van der Waals surface area contributed by atoms with Crippen LogP contribution in [0.5, 0.6) is 0 Å². The highest BCUT2D eigenvalue weighted by Crippen LogP contribution is 2.07. The quantitative estimate of drug-likeness (QED) is 0.627. The number of nitrogens with one attached hydrogen (secondary N) is 2. The van der Waals surface area contributed by atoms with Crippen molar-refractivity contribution in [2.45, 2.75) is 39.9 Å². The third-order valence-corrected chi connectivity index (χ3v) is 3.88. The van der Waals surface area contributed by atoms with E-state index in [1.54, 1.807) is 12.1 Å². The van der Waals surface area contributed by atoms with Gasteiger partial charge in [-0.05, 0) is 25.0 Å². The van der Waals surface area contributed by atoms with Crippen molar-refractivity contribution in [1.29, 1.82) is 0 Å². The van der Waals surface area contributed by atoms with Gasteiger partial charge in [0.2, 0.25) is 5.91 Å². The Kier molecular flexibility index (Phi) is 6.64. The van der Waals surface area contributed by atoms with Crippen LogP contribution in [-0.4, -0.2) is 43.9 Å². The van der Waals surface area contributed by atoms with Crippen LogP contribution in [0.3, 0.4) is 0 Å². The summed E-state index contributed by atoms with van der Waals surface area (Å²) >= 11 is 0. The summed E-state index contributed by atoms with van der Waals surface area (Å²) in [6.07, 6.45) is 1.45. The van der Waals surface area contributed by atoms with E-state index < -0.39 is 12.0 Å². The molecule has 144 valence electrons. The molecule has 0 aliphatic rings. The fourth-order valence-corrected chi connectivity index (χ4v) is 2.39. The zero-order valence-corrected chi connectivity index (χ0v) is 15.5. The summed E-state index contributed by atoms with van der Waals surface area (Å²) in [7, 11) is 0. The Labute approximate surface area is 156 Å². The van der Waals surface area contributed by atoms with Crippen molar-refractivity contribution in [3.63, 3.8) is 0 Å². The van der Waals surface area contributed by atoms with Crippen LogP contribution in [0.4, 0.5) is 0 Å². The number of benzene rings is 1. The van der Waals surface area contributed by atoms with Gasteiger partial charge < -0.3 is 15.7 Å². The van der Waals surface area contributed by atoms with Gasteiger partial charge in [0.15, 0.2) is 0 Å². The summed E-state index contributed by atoms with van der Waals surface area (Å²) < 4.78 is 1.17. The molecule has 0 aliphatic carbocycles. The van der Waals surface area contributed by atoms with E-state index in [9.17, 15) is 14.4 Å². The molecule has 9 nitrogen and oxygen atoms in total. The minimum Gasteiger partial charge on any atom is -0.480 e. The van der Waals surface area contributed by atoms with Gasteiger partial charge in [0.1, 0.15) is 18.3 Å². The summed E-state index contributed by atoms with van der Waals surface area (Å²) in [6, 6.07) is 6.37. The number of amides is 2. The first-order chi connectivity index (χ1) is 12.8. The van der Waals surface area contributed by atoms with Gasteiger partial charge in [0.05, 0.1) is 12.7 Å². The molecule has 1 aromatic carbocycles. The highest BCUT2D eigenvalue weighted by atomic mass is 16.4. The van der Waals surface area contributed by atoms with Crippen LogP contribution in [0.1, 0.15) is 35.5 Å². The van der Waals surface area contributed by atoms with Crippen molar-refractivity contribution in [3.8, 4) is 0 Å². The zero-order valence-electron chi connectivity index (χ0n) is 15.5. The smallest absolute Gasteiger partial charge is 0.325 e. The number of hydrogen-bond acceptors (Lipinski definition) is 5. The molecule has 0 radical (unpaired) electrons. The maximum atomic E-state index is 12.5. The SMILES string of the molecule is Cc1ccc(C(=O)NC(C(=O)NCc2cn(CC(=O)O)nn2)C(C)C)cc1.